The Bertz CT molecular complexity index is 347. The van der Waals surface area contributed by atoms with Gasteiger partial charge in [-0.15, -0.1) is 0 Å². The number of benzene rings is 1. The largest absolute Gasteiger partial charge is 0.330 e. The Labute approximate surface area is 108 Å². The Hall–Kier alpha value is -0.340. The van der Waals surface area contributed by atoms with Crippen molar-refractivity contribution < 1.29 is 0 Å². The molecular formula is C14H22BrN. The van der Waals surface area contributed by atoms with Gasteiger partial charge in [0.25, 0.3) is 0 Å². The molecule has 0 aliphatic carbocycles. The maximum Gasteiger partial charge on any atom is 0.0207 e. The van der Waals surface area contributed by atoms with Gasteiger partial charge in [0.2, 0.25) is 0 Å². The van der Waals surface area contributed by atoms with Crippen molar-refractivity contribution in [3.8, 4) is 0 Å². The summed E-state index contributed by atoms with van der Waals surface area (Å²) in [5.74, 6) is 0.730. The molecule has 16 heavy (non-hydrogen) atoms. The zero-order valence-electron chi connectivity index (χ0n) is 10.5. The topological polar surface area (TPSA) is 26.0 Å². The van der Waals surface area contributed by atoms with E-state index in [0.29, 0.717) is 0 Å². The minimum atomic E-state index is 0.730. The number of nitrogens with two attached hydrogens (primary N) is 1. The number of halogens is 1. The standard InChI is InChI=1S/C14H22BrN/c1-10(6-7-16)4-5-13-8-12(3)14(15)9-11(13)2/h8-10H,4-7,16H2,1-3H3. The molecule has 0 saturated carbocycles. The van der Waals surface area contributed by atoms with Crippen LogP contribution in [0, 0.1) is 19.8 Å². The SMILES string of the molecule is Cc1cc(CCC(C)CCN)c(C)cc1Br. The van der Waals surface area contributed by atoms with Crippen LogP contribution in [0.4, 0.5) is 0 Å². The summed E-state index contributed by atoms with van der Waals surface area (Å²) in [5.41, 5.74) is 9.76. The zero-order valence-corrected chi connectivity index (χ0v) is 12.1. The zero-order chi connectivity index (χ0) is 12.1. The first kappa shape index (κ1) is 13.7. The van der Waals surface area contributed by atoms with Gasteiger partial charge in [-0.05, 0) is 68.3 Å². The Morgan fingerprint density at radius 1 is 1.19 bits per heavy atom. The number of hydrogen-bond acceptors (Lipinski definition) is 1. The third kappa shape index (κ3) is 3.91. The summed E-state index contributed by atoms with van der Waals surface area (Å²) in [6.07, 6.45) is 3.54. The minimum Gasteiger partial charge on any atom is -0.330 e. The Morgan fingerprint density at radius 3 is 2.50 bits per heavy atom. The van der Waals surface area contributed by atoms with Gasteiger partial charge in [-0.25, -0.2) is 0 Å². The highest BCUT2D eigenvalue weighted by molar-refractivity contribution is 9.10. The molecule has 1 nitrogen and oxygen atoms in total. The second-order valence-electron chi connectivity index (χ2n) is 4.75. The van der Waals surface area contributed by atoms with Crippen LogP contribution in [0.15, 0.2) is 16.6 Å². The minimum absolute atomic E-state index is 0.730. The van der Waals surface area contributed by atoms with Gasteiger partial charge in [-0.1, -0.05) is 28.9 Å². The molecule has 2 heteroatoms. The highest BCUT2D eigenvalue weighted by Gasteiger charge is 2.05. The fraction of sp³-hybridized carbons (Fsp3) is 0.571. The second-order valence-corrected chi connectivity index (χ2v) is 5.60. The average molecular weight is 284 g/mol. The van der Waals surface area contributed by atoms with E-state index in [1.54, 1.807) is 0 Å². The predicted molar refractivity (Wildman–Crippen MR) is 74.8 cm³/mol. The molecule has 1 unspecified atom stereocenters. The highest BCUT2D eigenvalue weighted by atomic mass is 79.9. The molecule has 0 bridgehead atoms. The maximum absolute atomic E-state index is 5.57. The molecule has 2 N–H and O–H groups in total. The Morgan fingerprint density at radius 2 is 1.88 bits per heavy atom. The number of hydrogen-bond donors (Lipinski definition) is 1. The fourth-order valence-electron chi connectivity index (χ4n) is 1.94. The molecule has 0 fully saturated rings. The van der Waals surface area contributed by atoms with Crippen LogP contribution >= 0.6 is 15.9 Å². The first-order chi connectivity index (χ1) is 7.54. The van der Waals surface area contributed by atoms with Crippen LogP contribution in [0.2, 0.25) is 0 Å². The Kier molecular flexibility index (Phi) is 5.50. The monoisotopic (exact) mass is 283 g/mol. The highest BCUT2D eigenvalue weighted by Crippen LogP contribution is 2.23. The van der Waals surface area contributed by atoms with Gasteiger partial charge in [-0.3, -0.25) is 0 Å². The maximum atomic E-state index is 5.57. The van der Waals surface area contributed by atoms with Crippen molar-refractivity contribution in [3.63, 3.8) is 0 Å². The lowest BCUT2D eigenvalue weighted by atomic mass is 9.95. The molecule has 1 atom stereocenters. The van der Waals surface area contributed by atoms with Crippen LogP contribution in [0.3, 0.4) is 0 Å². The molecule has 1 aromatic carbocycles. The fourth-order valence-corrected chi connectivity index (χ4v) is 2.40. The van der Waals surface area contributed by atoms with Gasteiger partial charge >= 0.3 is 0 Å². The van der Waals surface area contributed by atoms with Gasteiger partial charge < -0.3 is 5.73 Å². The molecule has 0 radical (unpaired) electrons. The van der Waals surface area contributed by atoms with E-state index in [1.165, 1.54) is 34.0 Å². The van der Waals surface area contributed by atoms with Crippen LogP contribution in [0.5, 0.6) is 0 Å². The van der Waals surface area contributed by atoms with Gasteiger partial charge in [0.1, 0.15) is 0 Å². The Balaban J connectivity index is 2.63. The summed E-state index contributed by atoms with van der Waals surface area (Å²) in [6.45, 7) is 7.43. The lowest BCUT2D eigenvalue weighted by Gasteiger charge is -2.12. The van der Waals surface area contributed by atoms with Crippen molar-refractivity contribution in [2.45, 2.75) is 40.0 Å². The third-order valence-electron chi connectivity index (χ3n) is 3.18. The van der Waals surface area contributed by atoms with Gasteiger partial charge in [0.05, 0.1) is 0 Å². The van der Waals surface area contributed by atoms with Crippen molar-refractivity contribution in [1.29, 1.82) is 0 Å². The van der Waals surface area contributed by atoms with E-state index in [9.17, 15) is 0 Å². The quantitative estimate of drug-likeness (QED) is 0.869. The molecule has 90 valence electrons. The first-order valence-corrected chi connectivity index (χ1v) is 6.79. The average Bonchev–Trinajstić information content (AvgIpc) is 2.22. The van der Waals surface area contributed by atoms with Crippen molar-refractivity contribution in [2.24, 2.45) is 11.7 Å². The summed E-state index contributed by atoms with van der Waals surface area (Å²) < 4.78 is 1.21. The van der Waals surface area contributed by atoms with Crippen molar-refractivity contribution in [3.05, 3.63) is 33.3 Å². The van der Waals surface area contributed by atoms with E-state index in [0.717, 1.165) is 18.9 Å². The van der Waals surface area contributed by atoms with E-state index in [2.05, 4.69) is 48.8 Å². The molecule has 1 aromatic rings. The second kappa shape index (κ2) is 6.41. The first-order valence-electron chi connectivity index (χ1n) is 6.00. The van der Waals surface area contributed by atoms with E-state index in [-0.39, 0.29) is 0 Å². The van der Waals surface area contributed by atoms with Crippen molar-refractivity contribution in [1.82, 2.24) is 0 Å². The van der Waals surface area contributed by atoms with Crippen molar-refractivity contribution >= 4 is 15.9 Å². The smallest absolute Gasteiger partial charge is 0.0207 e. The van der Waals surface area contributed by atoms with Crippen LogP contribution in [0.1, 0.15) is 36.5 Å². The van der Waals surface area contributed by atoms with Gasteiger partial charge in [0, 0.05) is 4.47 Å². The van der Waals surface area contributed by atoms with E-state index in [4.69, 9.17) is 5.73 Å². The summed E-state index contributed by atoms with van der Waals surface area (Å²) in [5, 5.41) is 0. The molecule has 0 amide bonds. The molecule has 0 spiro atoms. The lowest BCUT2D eigenvalue weighted by molar-refractivity contribution is 0.499. The van der Waals surface area contributed by atoms with E-state index >= 15 is 0 Å². The molecule has 0 saturated heterocycles. The number of aryl methyl sites for hydroxylation is 3. The normalized spacial score (nSPS) is 12.8. The van der Waals surface area contributed by atoms with Crippen LogP contribution < -0.4 is 5.73 Å². The molecular weight excluding hydrogens is 262 g/mol. The number of rotatable bonds is 5. The summed E-state index contributed by atoms with van der Waals surface area (Å²) in [7, 11) is 0. The lowest BCUT2D eigenvalue weighted by Crippen LogP contribution is -2.07. The third-order valence-corrected chi connectivity index (χ3v) is 4.04. The van der Waals surface area contributed by atoms with E-state index in [1.807, 2.05) is 0 Å². The molecule has 0 aliphatic rings. The summed E-state index contributed by atoms with van der Waals surface area (Å²) in [6, 6.07) is 4.52. The molecule has 0 aliphatic heterocycles. The summed E-state index contributed by atoms with van der Waals surface area (Å²) in [4.78, 5) is 0. The van der Waals surface area contributed by atoms with Gasteiger partial charge in [0.15, 0.2) is 0 Å². The predicted octanol–water partition coefficient (Wildman–Crippen LogP) is 3.98. The summed E-state index contributed by atoms with van der Waals surface area (Å²) >= 11 is 3.57. The van der Waals surface area contributed by atoms with Crippen molar-refractivity contribution in [2.75, 3.05) is 6.54 Å². The van der Waals surface area contributed by atoms with Crippen LogP contribution in [-0.2, 0) is 6.42 Å². The molecule has 0 aromatic heterocycles. The van der Waals surface area contributed by atoms with Crippen LogP contribution in [0.25, 0.3) is 0 Å². The molecule has 1 rings (SSSR count). The van der Waals surface area contributed by atoms with Gasteiger partial charge in [-0.2, -0.15) is 0 Å². The molecule has 0 heterocycles. The van der Waals surface area contributed by atoms with Crippen LogP contribution in [-0.4, -0.2) is 6.54 Å². The van der Waals surface area contributed by atoms with E-state index < -0.39 is 0 Å².